The fourth-order valence-electron chi connectivity index (χ4n) is 5.87. The third kappa shape index (κ3) is 20.9. The number of rotatable bonds is 29. The van der Waals surface area contributed by atoms with Crippen LogP contribution < -0.4 is 0 Å². The van der Waals surface area contributed by atoms with Crippen LogP contribution in [0.4, 0.5) is 0 Å². The van der Waals surface area contributed by atoms with Crippen molar-refractivity contribution in [2.45, 2.75) is 198 Å². The standard InChI is InChI=1S/C34H66O9/c1-27(36)25-29(38)22-20-18-16-14-12-10-8-6-4-2-3-5-7-9-11-13-15-17-19-21-28(37)23-24-42-34-33(41)32(40)31(39)30(26-35)43-34/h28-35,37-41H,2-26H2,1H3. The Bertz CT molecular complexity index is 647. The van der Waals surface area contributed by atoms with Gasteiger partial charge in [0.05, 0.1) is 25.4 Å². The SMILES string of the molecule is CC(=O)CC(O)CCCCCCCCCCCCCCCCCCCCCC(O)CCOC1OC(CO)C(O)C(O)C1O. The van der Waals surface area contributed by atoms with Crippen LogP contribution in [0.5, 0.6) is 0 Å². The highest BCUT2D eigenvalue weighted by Gasteiger charge is 2.43. The molecule has 9 nitrogen and oxygen atoms in total. The van der Waals surface area contributed by atoms with Crippen molar-refractivity contribution in [3.05, 3.63) is 0 Å². The van der Waals surface area contributed by atoms with Gasteiger partial charge in [0.25, 0.3) is 0 Å². The molecule has 1 rings (SSSR count). The normalized spacial score (nSPS) is 23.8. The molecule has 0 aromatic rings. The first-order chi connectivity index (χ1) is 20.8. The number of Topliss-reactive ketones (excluding diaryl/α,β-unsaturated/α-hetero) is 1. The lowest BCUT2D eigenvalue weighted by molar-refractivity contribution is -0.301. The van der Waals surface area contributed by atoms with Gasteiger partial charge in [0, 0.05) is 6.42 Å². The summed E-state index contributed by atoms with van der Waals surface area (Å²) >= 11 is 0. The minimum atomic E-state index is -1.45. The maximum Gasteiger partial charge on any atom is 0.186 e. The van der Waals surface area contributed by atoms with Gasteiger partial charge in [-0.1, -0.05) is 122 Å². The van der Waals surface area contributed by atoms with E-state index in [-0.39, 0.29) is 12.4 Å². The summed E-state index contributed by atoms with van der Waals surface area (Å²) in [7, 11) is 0. The van der Waals surface area contributed by atoms with Crippen LogP contribution in [0.15, 0.2) is 0 Å². The Morgan fingerprint density at radius 3 is 1.40 bits per heavy atom. The summed E-state index contributed by atoms with van der Waals surface area (Å²) in [6.45, 7) is 1.21. The van der Waals surface area contributed by atoms with Crippen LogP contribution in [0.25, 0.3) is 0 Å². The monoisotopic (exact) mass is 618 g/mol. The van der Waals surface area contributed by atoms with Crippen LogP contribution in [0, 0.1) is 0 Å². The smallest absolute Gasteiger partial charge is 0.186 e. The van der Waals surface area contributed by atoms with Crippen LogP contribution in [-0.4, -0.2) is 92.5 Å². The average Bonchev–Trinajstić information content (AvgIpc) is 2.97. The quantitative estimate of drug-likeness (QED) is 0.0629. The molecule has 7 unspecified atom stereocenters. The zero-order valence-electron chi connectivity index (χ0n) is 27.1. The molecule has 6 N–H and O–H groups in total. The van der Waals surface area contributed by atoms with E-state index in [1.165, 1.54) is 103 Å². The highest BCUT2D eigenvalue weighted by Crippen LogP contribution is 2.22. The predicted octanol–water partition coefficient (Wildman–Crippen LogP) is 5.09. The van der Waals surface area contributed by atoms with Crippen molar-refractivity contribution in [1.29, 1.82) is 0 Å². The maximum atomic E-state index is 11.0. The molecule has 0 radical (unpaired) electrons. The summed E-state index contributed by atoms with van der Waals surface area (Å²) in [6, 6.07) is 0. The van der Waals surface area contributed by atoms with Crippen LogP contribution in [-0.2, 0) is 14.3 Å². The molecule has 1 aliphatic rings. The first-order valence-corrected chi connectivity index (χ1v) is 17.5. The van der Waals surface area contributed by atoms with Gasteiger partial charge in [0.1, 0.15) is 30.2 Å². The van der Waals surface area contributed by atoms with Crippen LogP contribution in [0.3, 0.4) is 0 Å². The summed E-state index contributed by atoms with van der Waals surface area (Å²) in [5.74, 6) is 0.0738. The minimum Gasteiger partial charge on any atom is -0.394 e. The van der Waals surface area contributed by atoms with Crippen molar-refractivity contribution in [2.24, 2.45) is 0 Å². The Morgan fingerprint density at radius 1 is 0.605 bits per heavy atom. The molecule has 0 aromatic heterocycles. The Kier molecular flexibility index (Phi) is 24.9. The summed E-state index contributed by atoms with van der Waals surface area (Å²) in [6.07, 6.45) is 18.8. The summed E-state index contributed by atoms with van der Waals surface area (Å²) in [5.41, 5.74) is 0. The van der Waals surface area contributed by atoms with Crippen LogP contribution in [0.2, 0.25) is 0 Å². The summed E-state index contributed by atoms with van der Waals surface area (Å²) in [5, 5.41) is 58.7. The van der Waals surface area contributed by atoms with E-state index >= 15 is 0 Å². The highest BCUT2D eigenvalue weighted by atomic mass is 16.7. The van der Waals surface area contributed by atoms with E-state index in [0.717, 1.165) is 32.1 Å². The van der Waals surface area contributed by atoms with E-state index in [0.29, 0.717) is 19.3 Å². The Hall–Kier alpha value is -0.650. The lowest BCUT2D eigenvalue weighted by Crippen LogP contribution is -2.59. The number of ketones is 1. The number of carbonyl (C=O) groups excluding carboxylic acids is 1. The third-order valence-corrected chi connectivity index (χ3v) is 8.68. The van der Waals surface area contributed by atoms with Gasteiger partial charge in [-0.05, 0) is 26.2 Å². The van der Waals surface area contributed by atoms with Crippen molar-refractivity contribution in [3.63, 3.8) is 0 Å². The molecule has 43 heavy (non-hydrogen) atoms. The predicted molar refractivity (Wildman–Crippen MR) is 169 cm³/mol. The van der Waals surface area contributed by atoms with Gasteiger partial charge in [0.2, 0.25) is 0 Å². The van der Waals surface area contributed by atoms with Crippen molar-refractivity contribution in [2.75, 3.05) is 13.2 Å². The van der Waals surface area contributed by atoms with Gasteiger partial charge in [-0.15, -0.1) is 0 Å². The van der Waals surface area contributed by atoms with Gasteiger partial charge >= 0.3 is 0 Å². The average molecular weight is 619 g/mol. The Balaban J connectivity index is 1.79. The number of carbonyl (C=O) groups is 1. The maximum absolute atomic E-state index is 11.0. The molecule has 1 saturated heterocycles. The van der Waals surface area contributed by atoms with E-state index in [1.54, 1.807) is 0 Å². The van der Waals surface area contributed by atoms with E-state index in [1.807, 2.05) is 0 Å². The van der Waals surface area contributed by atoms with Crippen molar-refractivity contribution in [1.82, 2.24) is 0 Å². The summed E-state index contributed by atoms with van der Waals surface area (Å²) in [4.78, 5) is 11.0. The molecular weight excluding hydrogens is 552 g/mol. The molecular formula is C34H66O9. The molecule has 0 spiro atoms. The molecule has 0 amide bonds. The number of unbranched alkanes of at least 4 members (excludes halogenated alkanes) is 18. The van der Waals surface area contributed by atoms with Crippen molar-refractivity contribution in [3.8, 4) is 0 Å². The first-order valence-electron chi connectivity index (χ1n) is 17.5. The molecule has 9 heteroatoms. The van der Waals surface area contributed by atoms with E-state index in [2.05, 4.69) is 0 Å². The van der Waals surface area contributed by atoms with Crippen LogP contribution in [0.1, 0.15) is 155 Å². The molecule has 7 atom stereocenters. The second-order valence-electron chi connectivity index (χ2n) is 12.9. The molecule has 0 aliphatic carbocycles. The molecule has 256 valence electrons. The molecule has 0 aromatic carbocycles. The molecule has 1 aliphatic heterocycles. The number of aliphatic hydroxyl groups excluding tert-OH is 6. The van der Waals surface area contributed by atoms with Crippen LogP contribution >= 0.6 is 0 Å². The zero-order chi connectivity index (χ0) is 31.7. The van der Waals surface area contributed by atoms with Crippen molar-refractivity contribution < 1.29 is 44.9 Å². The molecule has 1 heterocycles. The largest absolute Gasteiger partial charge is 0.394 e. The number of hydrogen-bond donors (Lipinski definition) is 6. The van der Waals surface area contributed by atoms with Gasteiger partial charge in [0.15, 0.2) is 6.29 Å². The Morgan fingerprint density at radius 2 is 1.00 bits per heavy atom. The number of ether oxygens (including phenoxy) is 2. The topological polar surface area (TPSA) is 157 Å². The van der Waals surface area contributed by atoms with Gasteiger partial charge in [-0.25, -0.2) is 0 Å². The molecule has 0 bridgehead atoms. The fourth-order valence-corrected chi connectivity index (χ4v) is 5.87. The molecule has 1 fully saturated rings. The molecule has 0 saturated carbocycles. The van der Waals surface area contributed by atoms with Gasteiger partial charge < -0.3 is 40.1 Å². The Labute approximate surface area is 261 Å². The van der Waals surface area contributed by atoms with E-state index in [4.69, 9.17) is 9.47 Å². The minimum absolute atomic E-state index is 0.0738. The van der Waals surface area contributed by atoms with Gasteiger partial charge in [-0.2, -0.15) is 0 Å². The highest BCUT2D eigenvalue weighted by molar-refractivity contribution is 5.75. The number of hydrogen-bond acceptors (Lipinski definition) is 9. The third-order valence-electron chi connectivity index (χ3n) is 8.68. The number of aliphatic hydroxyl groups is 6. The fraction of sp³-hybridized carbons (Fsp3) is 0.971. The summed E-state index contributed by atoms with van der Waals surface area (Å²) < 4.78 is 10.8. The lowest BCUT2D eigenvalue weighted by Gasteiger charge is -2.39. The lowest BCUT2D eigenvalue weighted by atomic mass is 9.99. The van der Waals surface area contributed by atoms with Crippen molar-refractivity contribution >= 4 is 5.78 Å². The van der Waals surface area contributed by atoms with E-state index in [9.17, 15) is 35.4 Å². The second-order valence-corrected chi connectivity index (χ2v) is 12.9. The second kappa shape index (κ2) is 26.6. The zero-order valence-corrected chi connectivity index (χ0v) is 27.1. The van der Waals surface area contributed by atoms with E-state index < -0.39 is 49.5 Å². The first kappa shape index (κ1) is 40.4. The van der Waals surface area contributed by atoms with Gasteiger partial charge in [-0.3, -0.25) is 4.79 Å².